The second kappa shape index (κ2) is 9.67. The maximum absolute atomic E-state index is 13.3. The van der Waals surface area contributed by atoms with Gasteiger partial charge in [0.2, 0.25) is 11.8 Å². The Morgan fingerprint density at radius 2 is 2.05 bits per heavy atom. The van der Waals surface area contributed by atoms with Crippen molar-refractivity contribution in [3.05, 3.63) is 23.3 Å². The topological polar surface area (TPSA) is 174 Å². The molecule has 2 saturated carbocycles. The van der Waals surface area contributed by atoms with Crippen LogP contribution >= 0.6 is 0 Å². The minimum absolute atomic E-state index is 0.0181. The predicted octanol–water partition coefficient (Wildman–Crippen LogP) is -0.286. The average Bonchev–Trinajstić information content (AvgIpc) is 3.64. The Morgan fingerprint density at radius 1 is 1.29 bits per heavy atom. The first-order valence-electron chi connectivity index (χ1n) is 14.6. The zero-order valence-corrected chi connectivity index (χ0v) is 23.7. The van der Waals surface area contributed by atoms with Crippen LogP contribution in [0.25, 0.3) is 0 Å². The van der Waals surface area contributed by atoms with E-state index in [1.807, 2.05) is 6.07 Å². The summed E-state index contributed by atoms with van der Waals surface area (Å²) in [5.41, 5.74) is 10.7. The number of primary amides is 1. The van der Waals surface area contributed by atoms with Gasteiger partial charge in [-0.1, -0.05) is 6.07 Å². The Bertz CT molecular complexity index is 1320. The first-order chi connectivity index (χ1) is 19.4. The van der Waals surface area contributed by atoms with E-state index in [-0.39, 0.29) is 43.5 Å². The lowest BCUT2D eigenvalue weighted by Gasteiger charge is -2.64. The molecule has 2 bridgehead atoms. The van der Waals surface area contributed by atoms with E-state index in [1.54, 1.807) is 6.07 Å². The molecule has 3 aliphatic carbocycles. The Labute approximate surface area is 238 Å². The number of ketones is 1. The highest BCUT2D eigenvalue weighted by Gasteiger charge is 2.76. The number of hydrogen-bond donors (Lipinski definition) is 4. The summed E-state index contributed by atoms with van der Waals surface area (Å²) in [5, 5.41) is 15.1. The second-order valence-corrected chi connectivity index (χ2v) is 12.9. The monoisotopic (exact) mass is 570 g/mol. The van der Waals surface area contributed by atoms with Crippen LogP contribution in [-0.2, 0) is 26.2 Å². The number of nitrogens with two attached hydrogens (primary N) is 2. The smallest absolute Gasteiger partial charge is 0.415 e. The van der Waals surface area contributed by atoms with Crippen LogP contribution < -0.4 is 26.3 Å². The van der Waals surface area contributed by atoms with Crippen LogP contribution in [-0.4, -0.2) is 102 Å². The number of rotatable bonds is 9. The minimum Gasteiger partial charge on any atom is -0.477 e. The maximum atomic E-state index is 13.3. The number of carbonyl (C=O) groups excluding carboxylic acids is 4. The van der Waals surface area contributed by atoms with E-state index in [0.29, 0.717) is 30.9 Å². The van der Waals surface area contributed by atoms with Gasteiger partial charge in [0.15, 0.2) is 23.4 Å². The molecule has 6 N–H and O–H groups in total. The normalized spacial score (nSPS) is 33.3. The number of amides is 3. The highest BCUT2D eigenvalue weighted by Crippen LogP contribution is 2.66. The Morgan fingerprint density at radius 3 is 2.76 bits per heavy atom. The summed E-state index contributed by atoms with van der Waals surface area (Å²) in [6.07, 6.45) is 2.73. The Kier molecular flexibility index (Phi) is 6.59. The molecule has 1 spiro atoms. The highest BCUT2D eigenvalue weighted by atomic mass is 16.6. The molecule has 3 fully saturated rings. The van der Waals surface area contributed by atoms with E-state index in [2.05, 4.69) is 12.4 Å². The molecular weight excluding hydrogens is 530 g/mol. The number of piperidine rings is 1. The van der Waals surface area contributed by atoms with Crippen molar-refractivity contribution in [1.82, 2.24) is 10.2 Å². The molecule has 5 aliphatic rings. The standard InChI is InChI=1S/C29H39N5O7/c1-33(11-10-32-26(37)18(30)14-22(31)36)27(38)40-20-6-5-17-13-21-29(39)8-7-19(35)25-28(29,23(17)24(20)41-25)9-12-34(21,2)15-16-3-4-16/h5-6,16,18,21,25,39H,3-4,7-15,30H2,1-2H3,(H2-,31,32,36,37)/p+1/t18-,21?,25-,28-,29+,34-/m0/s1. The van der Waals surface area contributed by atoms with Crippen LogP contribution in [0.3, 0.4) is 0 Å². The molecule has 12 nitrogen and oxygen atoms in total. The molecule has 1 aromatic carbocycles. The lowest BCUT2D eigenvalue weighted by atomic mass is 9.48. The summed E-state index contributed by atoms with van der Waals surface area (Å²) in [6, 6.07) is 2.58. The van der Waals surface area contributed by atoms with E-state index in [4.69, 9.17) is 20.9 Å². The largest absolute Gasteiger partial charge is 0.477 e. The summed E-state index contributed by atoms with van der Waals surface area (Å²) in [6.45, 7) is 2.12. The molecule has 1 aromatic rings. The molecule has 2 aliphatic heterocycles. The quantitative estimate of drug-likeness (QED) is 0.293. The van der Waals surface area contributed by atoms with Crippen molar-refractivity contribution in [2.45, 2.75) is 74.1 Å². The molecule has 6 atom stereocenters. The minimum atomic E-state index is -1.08. The van der Waals surface area contributed by atoms with Crippen molar-refractivity contribution in [3.63, 3.8) is 0 Å². The summed E-state index contributed by atoms with van der Waals surface area (Å²) in [7, 11) is 3.79. The van der Waals surface area contributed by atoms with Gasteiger partial charge in [-0.05, 0) is 30.9 Å². The molecule has 0 radical (unpaired) electrons. The van der Waals surface area contributed by atoms with Crippen molar-refractivity contribution in [2.24, 2.45) is 17.4 Å². The third kappa shape index (κ3) is 4.29. The van der Waals surface area contributed by atoms with Crippen LogP contribution in [0.2, 0.25) is 0 Å². The third-order valence-electron chi connectivity index (χ3n) is 10.3. The fraction of sp³-hybridized carbons (Fsp3) is 0.655. The molecule has 12 heteroatoms. The second-order valence-electron chi connectivity index (χ2n) is 12.9. The zero-order chi connectivity index (χ0) is 29.3. The van der Waals surface area contributed by atoms with Gasteiger partial charge >= 0.3 is 6.09 Å². The van der Waals surface area contributed by atoms with Crippen molar-refractivity contribution in [1.29, 1.82) is 0 Å². The van der Waals surface area contributed by atoms with Crippen LogP contribution in [0, 0.1) is 5.92 Å². The summed E-state index contributed by atoms with van der Waals surface area (Å²) < 4.78 is 13.0. The Balaban J connectivity index is 1.22. The van der Waals surface area contributed by atoms with Crippen molar-refractivity contribution in [2.75, 3.05) is 40.3 Å². The number of Topliss-reactive ketones (excluding diaryl/α,β-unsaturated/α-hetero) is 1. The van der Waals surface area contributed by atoms with Gasteiger partial charge < -0.3 is 40.7 Å². The molecular formula is C29H40N5O7+. The molecule has 3 amide bonds. The van der Waals surface area contributed by atoms with Gasteiger partial charge in [0.1, 0.15) is 11.6 Å². The number of nitrogens with zero attached hydrogens (tertiary/aromatic N) is 2. The number of quaternary nitrogens is 1. The van der Waals surface area contributed by atoms with Gasteiger partial charge in [-0.2, -0.15) is 0 Å². The van der Waals surface area contributed by atoms with Crippen LogP contribution in [0.4, 0.5) is 4.79 Å². The van der Waals surface area contributed by atoms with Gasteiger partial charge in [0.05, 0.1) is 38.0 Å². The molecule has 41 heavy (non-hydrogen) atoms. The number of nitrogens with one attached hydrogen (secondary N) is 1. The lowest BCUT2D eigenvalue weighted by Crippen LogP contribution is -2.80. The van der Waals surface area contributed by atoms with E-state index >= 15 is 0 Å². The van der Waals surface area contributed by atoms with Gasteiger partial charge in [-0.3, -0.25) is 14.4 Å². The number of benzene rings is 1. The average molecular weight is 571 g/mol. The summed E-state index contributed by atoms with van der Waals surface area (Å²) in [4.78, 5) is 50.6. The van der Waals surface area contributed by atoms with Gasteiger partial charge in [-0.15, -0.1) is 0 Å². The van der Waals surface area contributed by atoms with Gasteiger partial charge in [-0.25, -0.2) is 4.79 Å². The van der Waals surface area contributed by atoms with E-state index < -0.39 is 41.1 Å². The predicted molar refractivity (Wildman–Crippen MR) is 146 cm³/mol. The zero-order valence-electron chi connectivity index (χ0n) is 23.7. The van der Waals surface area contributed by atoms with Crippen LogP contribution in [0.1, 0.15) is 49.7 Å². The number of carbonyl (C=O) groups is 4. The van der Waals surface area contributed by atoms with E-state index in [0.717, 1.165) is 28.7 Å². The number of hydrogen-bond acceptors (Lipinski definition) is 8. The molecule has 222 valence electrons. The molecule has 1 unspecified atom stereocenters. The fourth-order valence-corrected chi connectivity index (χ4v) is 8.06. The van der Waals surface area contributed by atoms with Crippen LogP contribution in [0.5, 0.6) is 11.5 Å². The molecule has 6 rings (SSSR count). The van der Waals surface area contributed by atoms with Crippen molar-refractivity contribution in [3.8, 4) is 11.5 Å². The van der Waals surface area contributed by atoms with Crippen molar-refractivity contribution < 1.29 is 38.2 Å². The maximum Gasteiger partial charge on any atom is 0.415 e. The van der Waals surface area contributed by atoms with E-state index in [9.17, 15) is 24.3 Å². The Hall–Kier alpha value is -3.22. The lowest BCUT2D eigenvalue weighted by molar-refractivity contribution is -0.950. The highest BCUT2D eigenvalue weighted by molar-refractivity contribution is 5.90. The SMILES string of the molecule is CN(CCNC(=O)[C@@H](N)CC(N)=O)C(=O)Oc1ccc2c3c1O[C@H]1C(=O)CC[C@@]4(O)C(C2)[N@+](C)(CC2CC2)CC[C@]314. The number of likely N-dealkylation sites (N-methyl/N-ethyl adjacent to an activating group) is 2. The summed E-state index contributed by atoms with van der Waals surface area (Å²) >= 11 is 0. The van der Waals surface area contributed by atoms with Crippen LogP contribution in [0.15, 0.2) is 12.1 Å². The van der Waals surface area contributed by atoms with E-state index in [1.165, 1.54) is 24.8 Å². The number of ether oxygens (including phenoxy) is 2. The number of aliphatic hydroxyl groups is 1. The van der Waals surface area contributed by atoms with Crippen molar-refractivity contribution >= 4 is 23.7 Å². The third-order valence-corrected chi connectivity index (χ3v) is 10.3. The van der Waals surface area contributed by atoms with Gasteiger partial charge in [0, 0.05) is 50.9 Å². The first-order valence-corrected chi connectivity index (χ1v) is 14.6. The first kappa shape index (κ1) is 27.9. The molecule has 1 saturated heterocycles. The molecule has 0 aromatic heterocycles. The van der Waals surface area contributed by atoms with Gasteiger partial charge in [0.25, 0.3) is 0 Å². The number of likely N-dealkylation sites (tertiary alicyclic amines) is 1. The molecule has 2 heterocycles. The fourth-order valence-electron chi connectivity index (χ4n) is 8.06. The summed E-state index contributed by atoms with van der Waals surface area (Å²) in [5.74, 6) is 0.0588.